The summed E-state index contributed by atoms with van der Waals surface area (Å²) in [6.45, 7) is 8.29. The molecule has 2 aliphatic rings. The van der Waals surface area contributed by atoms with Crippen LogP contribution in [0.1, 0.15) is 54.1 Å². The molecule has 37 heavy (non-hydrogen) atoms. The molecule has 2 aliphatic heterocycles. The molecule has 2 saturated heterocycles. The van der Waals surface area contributed by atoms with Crippen LogP contribution in [0.5, 0.6) is 11.5 Å². The Hall–Kier alpha value is -2.76. The molecule has 0 N–H and O–H groups in total. The summed E-state index contributed by atoms with van der Waals surface area (Å²) in [6.07, 6.45) is 7.48. The molecular formula is C31H38ClN3O2. The van der Waals surface area contributed by atoms with E-state index in [4.69, 9.17) is 21.1 Å². The zero-order valence-corrected chi connectivity index (χ0v) is 23.0. The van der Waals surface area contributed by atoms with Crippen LogP contribution >= 0.6 is 11.6 Å². The maximum Gasteiger partial charge on any atom is 0.139 e. The van der Waals surface area contributed by atoms with Crippen molar-refractivity contribution >= 4 is 17.3 Å². The summed E-state index contributed by atoms with van der Waals surface area (Å²) in [4.78, 5) is 9.65. The van der Waals surface area contributed by atoms with E-state index < -0.39 is 0 Å². The molecular weight excluding hydrogens is 482 g/mol. The van der Waals surface area contributed by atoms with Gasteiger partial charge in [-0.05, 0) is 93.0 Å². The maximum absolute atomic E-state index is 6.27. The summed E-state index contributed by atoms with van der Waals surface area (Å²) in [7, 11) is 1.68. The van der Waals surface area contributed by atoms with Crippen molar-refractivity contribution in [1.82, 2.24) is 9.88 Å². The molecule has 1 unspecified atom stereocenters. The highest BCUT2D eigenvalue weighted by molar-refractivity contribution is 6.32. The predicted octanol–water partition coefficient (Wildman–Crippen LogP) is 6.79. The third-order valence-electron chi connectivity index (χ3n) is 8.14. The lowest BCUT2D eigenvalue weighted by atomic mass is 9.86. The fourth-order valence-electron chi connectivity index (χ4n) is 5.98. The molecule has 0 saturated carbocycles. The molecule has 3 heterocycles. The van der Waals surface area contributed by atoms with Gasteiger partial charge in [0, 0.05) is 55.4 Å². The first-order valence-corrected chi connectivity index (χ1v) is 13.9. The second-order valence-electron chi connectivity index (χ2n) is 10.3. The molecule has 0 amide bonds. The predicted molar refractivity (Wildman–Crippen MR) is 151 cm³/mol. The lowest BCUT2D eigenvalue weighted by molar-refractivity contribution is 0.0712. The Morgan fingerprint density at radius 2 is 1.89 bits per heavy atom. The average Bonchev–Trinajstić information content (AvgIpc) is 2.93. The maximum atomic E-state index is 6.27. The first-order chi connectivity index (χ1) is 18.0. The number of aromatic nitrogens is 1. The van der Waals surface area contributed by atoms with Crippen molar-refractivity contribution in [2.24, 2.45) is 0 Å². The Kier molecular flexibility index (Phi) is 8.21. The van der Waals surface area contributed by atoms with Crippen LogP contribution in [0, 0.1) is 13.8 Å². The third-order valence-corrected chi connectivity index (χ3v) is 8.45. The van der Waals surface area contributed by atoms with E-state index in [1.54, 1.807) is 7.11 Å². The number of halogens is 1. The fraction of sp³-hybridized carbons (Fsp3) is 0.452. The number of rotatable bonds is 8. The summed E-state index contributed by atoms with van der Waals surface area (Å²) in [5.41, 5.74) is 6.42. The molecule has 5 nitrogen and oxygen atoms in total. The normalized spacial score (nSPS) is 19.9. The van der Waals surface area contributed by atoms with Crippen molar-refractivity contribution < 1.29 is 9.47 Å². The molecule has 2 aromatic carbocycles. The molecule has 0 spiro atoms. The van der Waals surface area contributed by atoms with E-state index in [9.17, 15) is 0 Å². The SMILES string of the molecule is COc1cc(N2CCN3C(CCC[C@@H]3c3ccc(OCCCc4ccccn4)c(C)c3C)C2)ccc1Cl. The molecule has 2 fully saturated rings. The van der Waals surface area contributed by atoms with Gasteiger partial charge in [0.2, 0.25) is 0 Å². The van der Waals surface area contributed by atoms with E-state index in [-0.39, 0.29) is 0 Å². The zero-order chi connectivity index (χ0) is 25.8. The van der Waals surface area contributed by atoms with Crippen molar-refractivity contribution in [2.45, 2.75) is 58.0 Å². The second-order valence-corrected chi connectivity index (χ2v) is 10.7. The highest BCUT2D eigenvalue weighted by Crippen LogP contribution is 2.40. The van der Waals surface area contributed by atoms with Crippen molar-refractivity contribution in [3.05, 3.63) is 82.1 Å². The Bertz CT molecular complexity index is 1200. The van der Waals surface area contributed by atoms with Gasteiger partial charge in [-0.2, -0.15) is 0 Å². The summed E-state index contributed by atoms with van der Waals surface area (Å²) in [6, 6.07) is 17.7. The summed E-state index contributed by atoms with van der Waals surface area (Å²) in [5.74, 6) is 1.75. The van der Waals surface area contributed by atoms with Crippen LogP contribution in [0.25, 0.3) is 0 Å². The number of hydrogen-bond acceptors (Lipinski definition) is 5. The summed E-state index contributed by atoms with van der Waals surface area (Å²) in [5, 5.41) is 0.661. The number of hydrogen-bond donors (Lipinski definition) is 0. The number of benzene rings is 2. The molecule has 0 aliphatic carbocycles. The lowest BCUT2D eigenvalue weighted by Gasteiger charge is -2.49. The van der Waals surface area contributed by atoms with Crippen LogP contribution in [-0.2, 0) is 6.42 Å². The topological polar surface area (TPSA) is 37.8 Å². The van der Waals surface area contributed by atoms with E-state index in [0.29, 0.717) is 23.7 Å². The van der Waals surface area contributed by atoms with Crippen LogP contribution in [0.3, 0.4) is 0 Å². The van der Waals surface area contributed by atoms with Gasteiger partial charge in [-0.3, -0.25) is 9.88 Å². The number of methoxy groups -OCH3 is 1. The Morgan fingerprint density at radius 3 is 2.70 bits per heavy atom. The van der Waals surface area contributed by atoms with Crippen LogP contribution in [-0.4, -0.2) is 49.3 Å². The van der Waals surface area contributed by atoms with Gasteiger partial charge in [0.05, 0.1) is 18.7 Å². The third kappa shape index (κ3) is 5.73. The van der Waals surface area contributed by atoms with E-state index in [0.717, 1.165) is 49.7 Å². The number of nitrogens with zero attached hydrogens (tertiary/aromatic N) is 3. The summed E-state index contributed by atoms with van der Waals surface area (Å²) < 4.78 is 11.7. The van der Waals surface area contributed by atoms with Crippen LogP contribution < -0.4 is 14.4 Å². The van der Waals surface area contributed by atoms with Gasteiger partial charge in [0.1, 0.15) is 11.5 Å². The molecule has 2 atom stereocenters. The standard InChI is InChI=1S/C31H38ClN3O2/c1-22-23(2)30(37-19-7-9-24-8-4-5-16-33-24)15-13-27(22)29-11-6-10-26-21-34(17-18-35(26)29)25-12-14-28(32)31(20-25)36-3/h4-5,8,12-16,20,26,29H,6-7,9-11,17-19,21H2,1-3H3/t26?,29-/m1/s1. The molecule has 0 radical (unpaired) electrons. The van der Waals surface area contributed by atoms with Gasteiger partial charge in [-0.25, -0.2) is 0 Å². The quantitative estimate of drug-likeness (QED) is 0.306. The first kappa shape index (κ1) is 25.9. The van der Waals surface area contributed by atoms with Gasteiger partial charge in [0.25, 0.3) is 0 Å². The number of aryl methyl sites for hydroxylation is 1. The van der Waals surface area contributed by atoms with Crippen molar-refractivity contribution in [2.75, 3.05) is 38.3 Å². The van der Waals surface area contributed by atoms with Crippen molar-refractivity contribution in [1.29, 1.82) is 0 Å². The van der Waals surface area contributed by atoms with Crippen molar-refractivity contribution in [3.8, 4) is 11.5 Å². The van der Waals surface area contributed by atoms with Crippen molar-refractivity contribution in [3.63, 3.8) is 0 Å². The minimum atomic E-state index is 0.470. The van der Waals surface area contributed by atoms with Gasteiger partial charge < -0.3 is 14.4 Å². The van der Waals surface area contributed by atoms with Gasteiger partial charge in [0.15, 0.2) is 0 Å². The number of ether oxygens (including phenoxy) is 2. The Labute approximate surface area is 226 Å². The first-order valence-electron chi connectivity index (χ1n) is 13.5. The largest absolute Gasteiger partial charge is 0.495 e. The van der Waals surface area contributed by atoms with Crippen LogP contribution in [0.15, 0.2) is 54.7 Å². The van der Waals surface area contributed by atoms with E-state index in [1.807, 2.05) is 24.4 Å². The number of piperidine rings is 1. The highest BCUT2D eigenvalue weighted by atomic mass is 35.5. The fourth-order valence-corrected chi connectivity index (χ4v) is 6.17. The lowest BCUT2D eigenvalue weighted by Crippen LogP contribution is -2.56. The minimum Gasteiger partial charge on any atom is -0.495 e. The molecule has 3 aromatic rings. The molecule has 6 heteroatoms. The Morgan fingerprint density at radius 1 is 1.00 bits per heavy atom. The number of fused-ring (bicyclic) bond motifs is 1. The number of pyridine rings is 1. The number of anilines is 1. The molecule has 1 aromatic heterocycles. The summed E-state index contributed by atoms with van der Waals surface area (Å²) >= 11 is 6.27. The van der Waals surface area contributed by atoms with Crippen LogP contribution in [0.2, 0.25) is 5.02 Å². The molecule has 196 valence electrons. The minimum absolute atomic E-state index is 0.470. The smallest absolute Gasteiger partial charge is 0.139 e. The molecule has 0 bridgehead atoms. The average molecular weight is 520 g/mol. The van der Waals surface area contributed by atoms with Gasteiger partial charge in [-0.1, -0.05) is 23.7 Å². The van der Waals surface area contributed by atoms with Gasteiger partial charge >= 0.3 is 0 Å². The van der Waals surface area contributed by atoms with E-state index >= 15 is 0 Å². The highest BCUT2D eigenvalue weighted by Gasteiger charge is 2.36. The van der Waals surface area contributed by atoms with E-state index in [1.165, 1.54) is 41.6 Å². The van der Waals surface area contributed by atoms with Crippen LogP contribution in [0.4, 0.5) is 5.69 Å². The second kappa shape index (κ2) is 11.7. The zero-order valence-electron chi connectivity index (χ0n) is 22.3. The monoisotopic (exact) mass is 519 g/mol. The van der Waals surface area contributed by atoms with Gasteiger partial charge in [-0.15, -0.1) is 0 Å². The number of piperazine rings is 1. The molecule has 5 rings (SSSR count). The Balaban J connectivity index is 1.24. The van der Waals surface area contributed by atoms with E-state index in [2.05, 4.69) is 59.0 Å².